The topological polar surface area (TPSA) is 95.5 Å². The van der Waals surface area contributed by atoms with Gasteiger partial charge in [-0.3, -0.25) is 0 Å². The summed E-state index contributed by atoms with van der Waals surface area (Å²) in [7, 11) is -3.70. The Morgan fingerprint density at radius 2 is 1.87 bits per heavy atom. The molecule has 6 nitrogen and oxygen atoms in total. The van der Waals surface area contributed by atoms with Gasteiger partial charge in [0.2, 0.25) is 10.0 Å². The van der Waals surface area contributed by atoms with E-state index in [4.69, 9.17) is 0 Å². The quantitative estimate of drug-likeness (QED) is 0.740. The Bertz CT molecular complexity index is 665. The van der Waals surface area contributed by atoms with E-state index in [1.807, 2.05) is 13.8 Å². The average molecular weight is 340 g/mol. The van der Waals surface area contributed by atoms with Crippen LogP contribution >= 0.6 is 0 Å². The smallest absolute Gasteiger partial charge is 0.337 e. The van der Waals surface area contributed by atoms with Crippen molar-refractivity contribution in [2.45, 2.75) is 62.9 Å². The molecule has 0 unspecified atom stereocenters. The summed E-state index contributed by atoms with van der Waals surface area (Å²) in [5.41, 5.74) is 0.384. The van der Waals surface area contributed by atoms with Crippen LogP contribution < -0.4 is 10.0 Å². The number of anilines is 1. The fraction of sp³-hybridized carbons (Fsp3) is 0.562. The predicted molar refractivity (Wildman–Crippen MR) is 89.4 cm³/mol. The van der Waals surface area contributed by atoms with E-state index >= 15 is 0 Å². The van der Waals surface area contributed by atoms with Crippen LogP contribution in [0.4, 0.5) is 5.69 Å². The number of carbonyl (C=O) groups is 1. The van der Waals surface area contributed by atoms with Gasteiger partial charge in [-0.25, -0.2) is 17.9 Å². The number of nitrogens with one attached hydrogen (secondary N) is 2. The van der Waals surface area contributed by atoms with Crippen LogP contribution in [0.2, 0.25) is 0 Å². The van der Waals surface area contributed by atoms with Crippen molar-refractivity contribution in [3.05, 3.63) is 23.8 Å². The summed E-state index contributed by atoms with van der Waals surface area (Å²) in [5.74, 6) is -1.15. The second-order valence-electron chi connectivity index (χ2n) is 6.27. The van der Waals surface area contributed by atoms with E-state index in [-0.39, 0.29) is 22.5 Å². The molecule has 0 aliphatic heterocycles. The van der Waals surface area contributed by atoms with Gasteiger partial charge in [0.15, 0.2) is 0 Å². The molecule has 2 rings (SSSR count). The second-order valence-corrected chi connectivity index (χ2v) is 7.98. The third-order valence-corrected chi connectivity index (χ3v) is 5.42. The number of carboxylic acid groups (broad SMARTS) is 1. The molecule has 1 aliphatic carbocycles. The van der Waals surface area contributed by atoms with Crippen molar-refractivity contribution in [1.82, 2.24) is 4.72 Å². The molecule has 1 aromatic rings. The van der Waals surface area contributed by atoms with E-state index in [1.165, 1.54) is 18.2 Å². The van der Waals surface area contributed by atoms with E-state index < -0.39 is 16.0 Å². The van der Waals surface area contributed by atoms with Gasteiger partial charge in [0.05, 0.1) is 10.5 Å². The highest BCUT2D eigenvalue weighted by molar-refractivity contribution is 7.89. The molecule has 0 atom stereocenters. The molecule has 0 aromatic heterocycles. The summed E-state index contributed by atoms with van der Waals surface area (Å²) in [6, 6.07) is 4.17. The molecule has 1 saturated carbocycles. The van der Waals surface area contributed by atoms with Gasteiger partial charge in [0.1, 0.15) is 0 Å². The first-order valence-electron chi connectivity index (χ1n) is 7.96. The fourth-order valence-corrected chi connectivity index (χ4v) is 4.14. The summed E-state index contributed by atoms with van der Waals surface area (Å²) in [6.07, 6.45) is 4.84. The van der Waals surface area contributed by atoms with Gasteiger partial charge < -0.3 is 10.4 Å². The van der Waals surface area contributed by atoms with Crippen LogP contribution in [0, 0.1) is 0 Å². The van der Waals surface area contributed by atoms with E-state index in [1.54, 1.807) is 0 Å². The minimum Gasteiger partial charge on any atom is -0.478 e. The van der Waals surface area contributed by atoms with Crippen LogP contribution in [0.15, 0.2) is 23.1 Å². The van der Waals surface area contributed by atoms with Crippen LogP contribution in [0.3, 0.4) is 0 Å². The molecule has 0 heterocycles. The highest BCUT2D eigenvalue weighted by Crippen LogP contribution is 2.24. The second kappa shape index (κ2) is 7.31. The first kappa shape index (κ1) is 17.7. The standard InChI is InChI=1S/C16H24N2O4S/c1-11(2)17-15-9-8-13(10-14(15)16(19)20)23(21,22)18-12-6-4-3-5-7-12/h8-12,17-18H,3-7H2,1-2H3,(H,19,20). The van der Waals surface area contributed by atoms with E-state index in [2.05, 4.69) is 10.0 Å². The highest BCUT2D eigenvalue weighted by atomic mass is 32.2. The lowest BCUT2D eigenvalue weighted by Gasteiger charge is -2.23. The van der Waals surface area contributed by atoms with Gasteiger partial charge in [-0.1, -0.05) is 19.3 Å². The lowest BCUT2D eigenvalue weighted by atomic mass is 9.96. The monoisotopic (exact) mass is 340 g/mol. The largest absolute Gasteiger partial charge is 0.478 e. The first-order valence-corrected chi connectivity index (χ1v) is 9.44. The first-order chi connectivity index (χ1) is 10.8. The molecule has 0 spiro atoms. The van der Waals surface area contributed by atoms with E-state index in [9.17, 15) is 18.3 Å². The zero-order valence-corrected chi connectivity index (χ0v) is 14.3. The van der Waals surface area contributed by atoms with Gasteiger partial charge in [-0.15, -0.1) is 0 Å². The number of aromatic carboxylic acids is 1. The zero-order valence-electron chi connectivity index (χ0n) is 13.5. The van der Waals surface area contributed by atoms with Crippen molar-refractivity contribution in [3.8, 4) is 0 Å². The van der Waals surface area contributed by atoms with Gasteiger partial charge in [-0.2, -0.15) is 0 Å². The number of rotatable bonds is 6. The Kier molecular flexibility index (Phi) is 5.64. The third-order valence-electron chi connectivity index (χ3n) is 3.90. The summed E-state index contributed by atoms with van der Waals surface area (Å²) in [5, 5.41) is 12.4. The molecule has 1 aromatic carbocycles. The van der Waals surface area contributed by atoms with Crippen LogP contribution in [-0.2, 0) is 10.0 Å². The van der Waals surface area contributed by atoms with Crippen molar-refractivity contribution in [2.24, 2.45) is 0 Å². The van der Waals surface area contributed by atoms with Gasteiger partial charge >= 0.3 is 5.97 Å². The normalized spacial score (nSPS) is 16.5. The molecule has 128 valence electrons. The third kappa shape index (κ3) is 4.68. The molecule has 23 heavy (non-hydrogen) atoms. The Balaban J connectivity index is 2.27. The summed E-state index contributed by atoms with van der Waals surface area (Å²) in [6.45, 7) is 3.78. The number of carboxylic acids is 1. The molecule has 0 amide bonds. The zero-order chi connectivity index (χ0) is 17.0. The minimum atomic E-state index is -3.70. The Morgan fingerprint density at radius 3 is 2.43 bits per heavy atom. The minimum absolute atomic E-state index is 0.00483. The number of sulfonamides is 1. The van der Waals surface area contributed by atoms with Gasteiger partial charge in [-0.05, 0) is 44.9 Å². The van der Waals surface area contributed by atoms with Crippen molar-refractivity contribution in [2.75, 3.05) is 5.32 Å². The summed E-state index contributed by atoms with van der Waals surface area (Å²) < 4.78 is 27.7. The maximum Gasteiger partial charge on any atom is 0.337 e. The van der Waals surface area contributed by atoms with Gasteiger partial charge in [0, 0.05) is 17.8 Å². The molecule has 3 N–H and O–H groups in total. The number of hydrogen-bond donors (Lipinski definition) is 3. The molecule has 0 bridgehead atoms. The molecule has 0 saturated heterocycles. The number of benzene rings is 1. The van der Waals surface area contributed by atoms with Gasteiger partial charge in [0.25, 0.3) is 0 Å². The molecule has 1 aliphatic rings. The summed E-state index contributed by atoms with van der Waals surface area (Å²) >= 11 is 0. The molecule has 1 fully saturated rings. The molecule has 7 heteroatoms. The maximum absolute atomic E-state index is 12.5. The van der Waals surface area contributed by atoms with E-state index in [0.717, 1.165) is 32.1 Å². The fourth-order valence-electron chi connectivity index (χ4n) is 2.81. The SMILES string of the molecule is CC(C)Nc1ccc(S(=O)(=O)NC2CCCCC2)cc1C(=O)O. The number of hydrogen-bond acceptors (Lipinski definition) is 4. The summed E-state index contributed by atoms with van der Waals surface area (Å²) in [4.78, 5) is 11.4. The Morgan fingerprint density at radius 1 is 1.22 bits per heavy atom. The molecular weight excluding hydrogens is 316 g/mol. The van der Waals surface area contributed by atoms with Crippen LogP contribution in [0.5, 0.6) is 0 Å². The maximum atomic E-state index is 12.5. The Hall–Kier alpha value is -1.60. The van der Waals surface area contributed by atoms with Crippen LogP contribution in [0.25, 0.3) is 0 Å². The van der Waals surface area contributed by atoms with Crippen LogP contribution in [0.1, 0.15) is 56.3 Å². The Labute approximate surface area is 137 Å². The predicted octanol–water partition coefficient (Wildman–Crippen LogP) is 2.82. The molecule has 0 radical (unpaired) electrons. The van der Waals surface area contributed by atoms with E-state index in [0.29, 0.717) is 5.69 Å². The van der Waals surface area contributed by atoms with Crippen molar-refractivity contribution in [1.29, 1.82) is 0 Å². The van der Waals surface area contributed by atoms with Crippen LogP contribution in [-0.4, -0.2) is 31.6 Å². The van der Waals surface area contributed by atoms with Crippen molar-refractivity contribution < 1.29 is 18.3 Å². The molecular formula is C16H24N2O4S. The van der Waals surface area contributed by atoms with Crippen molar-refractivity contribution in [3.63, 3.8) is 0 Å². The lowest BCUT2D eigenvalue weighted by molar-refractivity contribution is 0.0697. The lowest BCUT2D eigenvalue weighted by Crippen LogP contribution is -2.36. The highest BCUT2D eigenvalue weighted by Gasteiger charge is 2.23. The average Bonchev–Trinajstić information content (AvgIpc) is 2.47. The van der Waals surface area contributed by atoms with Crippen molar-refractivity contribution >= 4 is 21.7 Å².